The molecule has 0 aliphatic carbocycles. The molecule has 0 aromatic carbocycles. The van der Waals surface area contributed by atoms with Gasteiger partial charge in [-0.25, -0.2) is 9.48 Å². The zero-order valence-electron chi connectivity index (χ0n) is 19.9. The van der Waals surface area contributed by atoms with E-state index >= 15 is 0 Å². The van der Waals surface area contributed by atoms with Gasteiger partial charge in [0.15, 0.2) is 0 Å². The number of amides is 5. The predicted molar refractivity (Wildman–Crippen MR) is 127 cm³/mol. The standard InChI is InChI=1S/C21H30BrN7O6/c1-10(2)5-12(27(4)17(31)11(3)24-20(34)35)18(32)28-8-21(7-13(28)16(23)30)9-29-15(25-19(21)33)6-14(22)26-29/h6,10-13,24H,5,7-9H2,1-4H3,(H2,23,30)(H,25,33)(H,34,35)/t11?,12?,13-,21?/m0/s1. The minimum absolute atomic E-state index is 0.00695. The lowest BCUT2D eigenvalue weighted by molar-refractivity contribution is -0.148. The number of primary amides is 1. The van der Waals surface area contributed by atoms with Crippen molar-refractivity contribution in [2.24, 2.45) is 17.1 Å². The number of anilines is 1. The second kappa shape index (κ2) is 9.84. The van der Waals surface area contributed by atoms with Gasteiger partial charge in [0.1, 0.15) is 28.5 Å². The van der Waals surface area contributed by atoms with Gasteiger partial charge in [-0.1, -0.05) is 13.8 Å². The van der Waals surface area contributed by atoms with E-state index in [0.29, 0.717) is 10.4 Å². The lowest BCUT2D eigenvalue weighted by Crippen LogP contribution is -2.57. The molecule has 5 amide bonds. The fourth-order valence-electron chi connectivity index (χ4n) is 4.73. The summed E-state index contributed by atoms with van der Waals surface area (Å²) >= 11 is 3.28. The van der Waals surface area contributed by atoms with Crippen LogP contribution in [0.5, 0.6) is 0 Å². The average Bonchev–Trinajstić information content (AvgIpc) is 3.31. The first-order chi connectivity index (χ1) is 16.3. The Morgan fingerprint density at radius 1 is 1.34 bits per heavy atom. The SMILES string of the molecule is CC(C)CC(C(=O)N1CC2(C[C@H]1C(N)=O)Cn1nc(Br)cc1NC2=O)N(C)C(=O)C(C)NC(=O)O. The van der Waals surface area contributed by atoms with E-state index in [1.54, 1.807) is 10.7 Å². The van der Waals surface area contributed by atoms with Crippen molar-refractivity contribution in [3.8, 4) is 0 Å². The van der Waals surface area contributed by atoms with E-state index in [1.807, 2.05) is 13.8 Å². The van der Waals surface area contributed by atoms with Crippen molar-refractivity contribution in [2.45, 2.75) is 58.3 Å². The molecule has 2 aliphatic rings. The van der Waals surface area contributed by atoms with E-state index in [1.165, 1.54) is 23.8 Å². The number of carbonyl (C=O) groups is 5. The number of likely N-dealkylation sites (N-methyl/N-ethyl adjacent to an activating group) is 1. The summed E-state index contributed by atoms with van der Waals surface area (Å²) in [4.78, 5) is 65.6. The van der Waals surface area contributed by atoms with Gasteiger partial charge < -0.3 is 31.3 Å². The molecule has 0 bridgehead atoms. The summed E-state index contributed by atoms with van der Waals surface area (Å²) < 4.78 is 2.13. The number of hydrogen-bond acceptors (Lipinski definition) is 6. The lowest BCUT2D eigenvalue weighted by atomic mass is 9.83. The number of likely N-dealkylation sites (tertiary alicyclic amines) is 1. The molecule has 5 N–H and O–H groups in total. The smallest absolute Gasteiger partial charge is 0.405 e. The molecule has 1 spiro atoms. The Kier molecular flexibility index (Phi) is 7.43. The Morgan fingerprint density at radius 3 is 2.57 bits per heavy atom. The Morgan fingerprint density at radius 2 is 2.00 bits per heavy atom. The van der Waals surface area contributed by atoms with E-state index in [2.05, 4.69) is 31.7 Å². The third kappa shape index (κ3) is 5.26. The van der Waals surface area contributed by atoms with Crippen molar-refractivity contribution in [3.63, 3.8) is 0 Å². The van der Waals surface area contributed by atoms with Gasteiger partial charge in [0, 0.05) is 19.7 Å². The van der Waals surface area contributed by atoms with Gasteiger partial charge in [0.05, 0.1) is 12.0 Å². The van der Waals surface area contributed by atoms with Crippen LogP contribution in [0.3, 0.4) is 0 Å². The van der Waals surface area contributed by atoms with Crippen LogP contribution in [0.2, 0.25) is 0 Å². The molecular formula is C21H30BrN7O6. The molecule has 35 heavy (non-hydrogen) atoms. The Bertz CT molecular complexity index is 1060. The van der Waals surface area contributed by atoms with Crippen LogP contribution >= 0.6 is 15.9 Å². The highest BCUT2D eigenvalue weighted by Crippen LogP contribution is 2.41. The highest BCUT2D eigenvalue weighted by Gasteiger charge is 2.56. The van der Waals surface area contributed by atoms with E-state index in [0.717, 1.165) is 0 Å². The van der Waals surface area contributed by atoms with Crippen LogP contribution in [0.4, 0.5) is 10.6 Å². The molecule has 3 unspecified atom stereocenters. The molecule has 13 nitrogen and oxygen atoms in total. The molecule has 0 radical (unpaired) electrons. The summed E-state index contributed by atoms with van der Waals surface area (Å²) in [6.07, 6.45) is -1.09. The van der Waals surface area contributed by atoms with Crippen molar-refractivity contribution >= 4 is 51.5 Å². The molecule has 3 rings (SSSR count). The van der Waals surface area contributed by atoms with Gasteiger partial charge in [-0.2, -0.15) is 5.10 Å². The predicted octanol–water partition coefficient (Wildman–Crippen LogP) is 0.200. The highest BCUT2D eigenvalue weighted by atomic mass is 79.9. The number of hydrogen-bond donors (Lipinski definition) is 4. The molecule has 14 heteroatoms. The third-order valence-corrected chi connectivity index (χ3v) is 6.86. The zero-order valence-corrected chi connectivity index (χ0v) is 21.5. The van der Waals surface area contributed by atoms with Crippen LogP contribution in [0, 0.1) is 11.3 Å². The minimum atomic E-state index is -1.37. The number of aromatic nitrogens is 2. The van der Waals surface area contributed by atoms with Crippen LogP contribution < -0.4 is 16.4 Å². The second-order valence-electron chi connectivity index (χ2n) is 9.60. The van der Waals surface area contributed by atoms with Crippen LogP contribution in [0.25, 0.3) is 0 Å². The fraction of sp³-hybridized carbons (Fsp3) is 0.619. The minimum Gasteiger partial charge on any atom is -0.465 e. The largest absolute Gasteiger partial charge is 0.465 e. The van der Waals surface area contributed by atoms with E-state index < -0.39 is 47.4 Å². The van der Waals surface area contributed by atoms with Crippen molar-refractivity contribution in [2.75, 3.05) is 18.9 Å². The monoisotopic (exact) mass is 555 g/mol. The van der Waals surface area contributed by atoms with Crippen molar-refractivity contribution in [1.82, 2.24) is 24.9 Å². The fourth-order valence-corrected chi connectivity index (χ4v) is 5.14. The zero-order chi connectivity index (χ0) is 26.2. The van der Waals surface area contributed by atoms with Crippen LogP contribution in [-0.2, 0) is 25.7 Å². The third-order valence-electron chi connectivity index (χ3n) is 6.48. The number of nitrogens with one attached hydrogen (secondary N) is 2. The van der Waals surface area contributed by atoms with Gasteiger partial charge in [0.25, 0.3) is 0 Å². The summed E-state index contributed by atoms with van der Waals surface area (Å²) in [6.45, 7) is 5.20. The van der Waals surface area contributed by atoms with Crippen molar-refractivity contribution in [1.29, 1.82) is 0 Å². The van der Waals surface area contributed by atoms with Crippen molar-refractivity contribution in [3.05, 3.63) is 10.7 Å². The van der Waals surface area contributed by atoms with Crippen molar-refractivity contribution < 1.29 is 29.1 Å². The van der Waals surface area contributed by atoms with Gasteiger partial charge >= 0.3 is 6.09 Å². The molecule has 1 fully saturated rings. The first-order valence-electron chi connectivity index (χ1n) is 11.2. The normalized spacial score (nSPS) is 23.0. The summed E-state index contributed by atoms with van der Waals surface area (Å²) in [5, 5.41) is 18.1. The van der Waals surface area contributed by atoms with Crippen LogP contribution in [-0.4, -0.2) is 86.1 Å². The van der Waals surface area contributed by atoms with Gasteiger partial charge in [0.2, 0.25) is 23.6 Å². The summed E-state index contributed by atoms with van der Waals surface area (Å²) in [5.74, 6) is -1.74. The van der Waals surface area contributed by atoms with Gasteiger partial charge in [-0.3, -0.25) is 19.2 Å². The van der Waals surface area contributed by atoms with E-state index in [9.17, 15) is 24.0 Å². The number of carbonyl (C=O) groups excluding carboxylic acids is 4. The first kappa shape index (κ1) is 26.4. The van der Waals surface area contributed by atoms with Crippen LogP contribution in [0.15, 0.2) is 10.7 Å². The average molecular weight is 556 g/mol. The number of rotatable bonds is 7. The van der Waals surface area contributed by atoms with Gasteiger partial charge in [-0.05, 0) is 41.6 Å². The number of carboxylic acid groups (broad SMARTS) is 1. The number of halogens is 1. The van der Waals surface area contributed by atoms with E-state index in [4.69, 9.17) is 10.8 Å². The van der Waals surface area contributed by atoms with Crippen LogP contribution in [0.1, 0.15) is 33.6 Å². The number of nitrogens with zero attached hydrogens (tertiary/aromatic N) is 4. The summed E-state index contributed by atoms with van der Waals surface area (Å²) in [7, 11) is 1.42. The topological polar surface area (TPSA) is 180 Å². The summed E-state index contributed by atoms with van der Waals surface area (Å²) in [5.41, 5.74) is 4.52. The quantitative estimate of drug-likeness (QED) is 0.370. The highest BCUT2D eigenvalue weighted by molar-refractivity contribution is 9.10. The molecular weight excluding hydrogens is 526 g/mol. The Hall–Kier alpha value is -3.16. The van der Waals surface area contributed by atoms with Gasteiger partial charge in [-0.15, -0.1) is 0 Å². The maximum atomic E-state index is 13.8. The maximum absolute atomic E-state index is 13.8. The molecule has 0 saturated carbocycles. The molecule has 3 heterocycles. The Labute approximate surface area is 210 Å². The second-order valence-corrected chi connectivity index (χ2v) is 10.4. The maximum Gasteiger partial charge on any atom is 0.405 e. The Balaban J connectivity index is 1.91. The first-order valence-corrected chi connectivity index (χ1v) is 12.0. The molecule has 1 aromatic rings. The van der Waals surface area contributed by atoms with E-state index in [-0.39, 0.29) is 37.8 Å². The lowest BCUT2D eigenvalue weighted by Gasteiger charge is -2.36. The molecule has 1 saturated heterocycles. The number of nitrogens with two attached hydrogens (primary N) is 1. The molecule has 192 valence electrons. The molecule has 2 aliphatic heterocycles. The summed E-state index contributed by atoms with van der Waals surface area (Å²) in [6, 6.07) is -1.47. The number of fused-ring (bicyclic) bond motifs is 1. The molecule has 4 atom stereocenters. The molecule has 1 aromatic heterocycles.